The molecule has 10 heteroatoms. The van der Waals surface area contributed by atoms with Crippen molar-refractivity contribution in [1.29, 1.82) is 0 Å². The van der Waals surface area contributed by atoms with E-state index in [0.29, 0.717) is 22.1 Å². The van der Waals surface area contributed by atoms with Gasteiger partial charge in [0.15, 0.2) is 5.13 Å². The summed E-state index contributed by atoms with van der Waals surface area (Å²) in [7, 11) is -2.38. The van der Waals surface area contributed by atoms with Crippen LogP contribution in [0.15, 0.2) is 41.3 Å². The van der Waals surface area contributed by atoms with Gasteiger partial charge < -0.3 is 10.1 Å². The van der Waals surface area contributed by atoms with Crippen molar-refractivity contribution in [3.05, 3.63) is 41.4 Å². The lowest BCUT2D eigenvalue weighted by Crippen LogP contribution is -2.24. The second-order valence-corrected chi connectivity index (χ2v) is 10.5. The lowest BCUT2D eigenvalue weighted by atomic mass is 9.89. The summed E-state index contributed by atoms with van der Waals surface area (Å²) in [6, 6.07) is 9.35. The first-order chi connectivity index (χ1) is 14.9. The highest BCUT2D eigenvalue weighted by atomic mass is 35.5. The Kier molecular flexibility index (Phi) is 6.36. The van der Waals surface area contributed by atoms with E-state index < -0.39 is 10.0 Å². The molecule has 2 N–H and O–H groups in total. The van der Waals surface area contributed by atoms with Gasteiger partial charge in [0.05, 0.1) is 32.9 Å². The number of carbonyl (C=O) groups excluding carboxylic acids is 1. The Morgan fingerprint density at radius 2 is 1.94 bits per heavy atom. The Balaban J connectivity index is 1.51. The molecule has 31 heavy (non-hydrogen) atoms. The molecule has 0 spiro atoms. The highest BCUT2D eigenvalue weighted by Crippen LogP contribution is 2.32. The summed E-state index contributed by atoms with van der Waals surface area (Å²) < 4.78 is 33.9. The molecule has 1 aliphatic carbocycles. The molecule has 1 fully saturated rings. The van der Waals surface area contributed by atoms with Gasteiger partial charge in [-0.3, -0.25) is 9.52 Å². The van der Waals surface area contributed by atoms with Gasteiger partial charge in [-0.1, -0.05) is 42.2 Å². The van der Waals surface area contributed by atoms with Crippen LogP contribution in [0.3, 0.4) is 0 Å². The van der Waals surface area contributed by atoms with Crippen molar-refractivity contribution in [2.45, 2.75) is 37.0 Å². The van der Waals surface area contributed by atoms with Gasteiger partial charge in [-0.2, -0.15) is 0 Å². The van der Waals surface area contributed by atoms with E-state index in [2.05, 4.69) is 15.0 Å². The van der Waals surface area contributed by atoms with E-state index in [0.717, 1.165) is 30.4 Å². The number of rotatable bonds is 6. The predicted molar refractivity (Wildman–Crippen MR) is 124 cm³/mol. The number of fused-ring (bicyclic) bond motifs is 1. The van der Waals surface area contributed by atoms with Gasteiger partial charge in [-0.15, -0.1) is 0 Å². The fraction of sp³-hybridized carbons (Fsp3) is 0.333. The number of sulfonamides is 1. The van der Waals surface area contributed by atoms with Crippen molar-refractivity contribution in [3.8, 4) is 5.75 Å². The van der Waals surface area contributed by atoms with E-state index in [4.69, 9.17) is 16.3 Å². The van der Waals surface area contributed by atoms with Gasteiger partial charge in [0.1, 0.15) is 5.75 Å². The number of carbonyl (C=O) groups is 1. The molecule has 164 valence electrons. The molecule has 0 aliphatic heterocycles. The predicted octanol–water partition coefficient (Wildman–Crippen LogP) is 5.28. The molecule has 7 nitrogen and oxygen atoms in total. The number of halogens is 1. The average Bonchev–Trinajstić information content (AvgIpc) is 3.15. The van der Waals surface area contributed by atoms with E-state index in [9.17, 15) is 13.2 Å². The fourth-order valence-corrected chi connectivity index (χ4v) is 5.89. The van der Waals surface area contributed by atoms with E-state index in [-0.39, 0.29) is 21.7 Å². The number of methoxy groups -OCH3 is 1. The van der Waals surface area contributed by atoms with Crippen molar-refractivity contribution in [2.24, 2.45) is 5.92 Å². The normalized spacial score (nSPS) is 15.0. The maximum Gasteiger partial charge on any atom is 0.261 e. The van der Waals surface area contributed by atoms with Gasteiger partial charge >= 0.3 is 0 Å². The Morgan fingerprint density at radius 1 is 1.16 bits per heavy atom. The number of hydrogen-bond donors (Lipinski definition) is 2. The van der Waals surface area contributed by atoms with E-state index in [1.165, 1.54) is 43.1 Å². The highest BCUT2D eigenvalue weighted by Gasteiger charge is 2.22. The van der Waals surface area contributed by atoms with Crippen LogP contribution in [0.2, 0.25) is 5.02 Å². The van der Waals surface area contributed by atoms with Crippen molar-refractivity contribution in [3.63, 3.8) is 0 Å². The zero-order valence-electron chi connectivity index (χ0n) is 16.9. The van der Waals surface area contributed by atoms with Crippen LogP contribution in [-0.4, -0.2) is 26.4 Å². The first-order valence-electron chi connectivity index (χ1n) is 9.93. The number of hydrogen-bond acceptors (Lipinski definition) is 6. The fourth-order valence-electron chi connectivity index (χ4n) is 3.64. The highest BCUT2D eigenvalue weighted by molar-refractivity contribution is 7.92. The quantitative estimate of drug-likeness (QED) is 0.501. The molecule has 1 aromatic heterocycles. The number of nitrogens with one attached hydrogen (secondary N) is 2. The van der Waals surface area contributed by atoms with Crippen molar-refractivity contribution in [1.82, 2.24) is 4.98 Å². The van der Waals surface area contributed by atoms with Crippen molar-refractivity contribution < 1.29 is 17.9 Å². The molecule has 0 unspecified atom stereocenters. The van der Waals surface area contributed by atoms with Crippen molar-refractivity contribution in [2.75, 3.05) is 17.1 Å². The number of ether oxygens (including phenoxy) is 1. The van der Waals surface area contributed by atoms with Crippen LogP contribution in [0.4, 0.5) is 10.8 Å². The summed E-state index contributed by atoms with van der Waals surface area (Å²) in [5.41, 5.74) is 0.979. The summed E-state index contributed by atoms with van der Waals surface area (Å²) >= 11 is 7.42. The second-order valence-electron chi connectivity index (χ2n) is 7.43. The lowest BCUT2D eigenvalue weighted by molar-refractivity contribution is -0.120. The third-order valence-corrected chi connectivity index (χ3v) is 7.91. The SMILES string of the molecule is COc1ccc(S(=O)(=O)Nc2ccc3sc(NC(=O)C4CCCCC4)nc3c2)cc1Cl. The summed E-state index contributed by atoms with van der Waals surface area (Å²) in [4.78, 5) is 17.0. The number of thiazole rings is 1. The number of aromatic nitrogens is 1. The molecule has 0 saturated heterocycles. The van der Waals surface area contributed by atoms with Crippen LogP contribution < -0.4 is 14.8 Å². The zero-order valence-corrected chi connectivity index (χ0v) is 19.2. The number of amides is 1. The molecule has 1 amide bonds. The minimum atomic E-state index is -3.84. The van der Waals surface area contributed by atoms with Crippen LogP contribution in [-0.2, 0) is 14.8 Å². The van der Waals surface area contributed by atoms with Gasteiger partial charge in [-0.05, 0) is 49.2 Å². The molecule has 2 aromatic carbocycles. The maximum atomic E-state index is 12.7. The third-order valence-electron chi connectivity index (χ3n) is 5.28. The molecular weight excluding hydrogens is 458 g/mol. The molecular formula is C21H22ClN3O4S2. The Hall–Kier alpha value is -2.36. The van der Waals surface area contributed by atoms with Crippen LogP contribution >= 0.6 is 22.9 Å². The first-order valence-corrected chi connectivity index (χ1v) is 12.6. The smallest absolute Gasteiger partial charge is 0.261 e. The summed E-state index contributed by atoms with van der Waals surface area (Å²) in [5, 5.41) is 3.64. The Labute approximate surface area is 189 Å². The number of anilines is 2. The van der Waals surface area contributed by atoms with Gasteiger partial charge in [-0.25, -0.2) is 13.4 Å². The molecule has 1 saturated carbocycles. The average molecular weight is 480 g/mol. The third kappa shape index (κ3) is 4.94. The van der Waals surface area contributed by atoms with Crippen LogP contribution in [0.1, 0.15) is 32.1 Å². The van der Waals surface area contributed by atoms with E-state index in [1.807, 2.05) is 0 Å². The van der Waals surface area contributed by atoms with Crippen LogP contribution in [0.5, 0.6) is 5.75 Å². The monoisotopic (exact) mass is 479 g/mol. The molecule has 4 rings (SSSR count). The summed E-state index contributed by atoms with van der Waals surface area (Å²) in [6.45, 7) is 0. The summed E-state index contributed by atoms with van der Waals surface area (Å²) in [5.74, 6) is 0.447. The molecule has 1 heterocycles. The standard InChI is InChI=1S/C21H22ClN3O4S2/c1-29-18-9-8-15(12-16(18)22)31(27,28)25-14-7-10-19-17(11-14)23-21(30-19)24-20(26)13-5-3-2-4-6-13/h7-13,25H,2-6H2,1H3,(H,23,24,26). The zero-order chi connectivity index (χ0) is 22.0. The minimum Gasteiger partial charge on any atom is -0.495 e. The molecule has 0 atom stereocenters. The minimum absolute atomic E-state index is 0.0102. The Morgan fingerprint density at radius 3 is 2.65 bits per heavy atom. The van der Waals surface area contributed by atoms with Crippen molar-refractivity contribution >= 4 is 59.9 Å². The largest absolute Gasteiger partial charge is 0.495 e. The van der Waals surface area contributed by atoms with Crippen LogP contribution in [0, 0.1) is 5.92 Å². The number of benzene rings is 2. The van der Waals surface area contributed by atoms with Gasteiger partial charge in [0.25, 0.3) is 10.0 Å². The lowest BCUT2D eigenvalue weighted by Gasteiger charge is -2.19. The summed E-state index contributed by atoms with van der Waals surface area (Å²) in [6.07, 6.45) is 5.18. The maximum absolute atomic E-state index is 12.7. The second kappa shape index (κ2) is 9.02. The molecule has 0 bridgehead atoms. The number of nitrogens with zero attached hydrogens (tertiary/aromatic N) is 1. The Bertz CT molecular complexity index is 1220. The topological polar surface area (TPSA) is 97.4 Å². The molecule has 3 aromatic rings. The van der Waals surface area contributed by atoms with E-state index in [1.54, 1.807) is 18.2 Å². The van der Waals surface area contributed by atoms with Gasteiger partial charge in [0, 0.05) is 5.92 Å². The molecule has 1 aliphatic rings. The van der Waals surface area contributed by atoms with Crippen LogP contribution in [0.25, 0.3) is 10.2 Å². The first kappa shape index (κ1) is 21.9. The van der Waals surface area contributed by atoms with E-state index >= 15 is 0 Å². The van der Waals surface area contributed by atoms with Gasteiger partial charge in [0.2, 0.25) is 5.91 Å². The molecule has 0 radical (unpaired) electrons.